The first-order valence-corrected chi connectivity index (χ1v) is 26.2. The van der Waals surface area contributed by atoms with E-state index in [1.54, 1.807) is 61.7 Å². The standard InChI is InChI=1S/C54H72ClN11O9/c1-8-42-49(69)64(6)43-33-60-45(63-47(43)66(42)38-12-9-10-13-38)34-59-41-17-15-35(28-44(41)70-7)48(68)58-18-21-72-23-25-74-27-26-73-24-22-71-20-11-19-65(52-61-31-37(32-62-52)46(57)67)50-53(2,3)51(54(50,4)5)75-39-16-14-36(30-56)40(55)29-39/h14-17,28-29,31-33,38,42,50-51,59H,8-13,18-27,34H2,1-7H3,(H2,57,67)(H,58,68)/t42-,50?,51?/m1/s1. The van der Waals surface area contributed by atoms with E-state index >= 15 is 0 Å². The van der Waals surface area contributed by atoms with Gasteiger partial charge in [-0.3, -0.25) is 14.4 Å². The molecular formula is C54H72ClN11O9. The van der Waals surface area contributed by atoms with Crippen molar-refractivity contribution in [1.29, 1.82) is 5.26 Å². The SMILES string of the molecule is CC[C@@H]1C(=O)N(C)c2cnc(CNc3ccc(C(=O)NCCOCCOCCOCCOCCCN(c4ncc(C(N)=O)cn4)C4C(C)(C)C(Oc5ccc(C#N)c(Cl)c5)C4(C)C)cc3OC)nc2N1C1CCCC1. The van der Waals surface area contributed by atoms with Gasteiger partial charge in [-0.15, -0.1) is 0 Å². The number of nitrogens with zero attached hydrogens (tertiary/aromatic N) is 8. The Morgan fingerprint density at radius 3 is 2.16 bits per heavy atom. The number of hydrogen-bond donors (Lipinski definition) is 3. The van der Waals surface area contributed by atoms with E-state index in [2.05, 4.69) is 69.1 Å². The number of fused-ring (bicyclic) bond motifs is 1. The molecule has 4 N–H and O–H groups in total. The van der Waals surface area contributed by atoms with E-state index in [0.29, 0.717) is 130 Å². The van der Waals surface area contributed by atoms with Crippen molar-refractivity contribution in [3.8, 4) is 17.6 Å². The van der Waals surface area contributed by atoms with E-state index in [0.717, 1.165) is 37.2 Å². The summed E-state index contributed by atoms with van der Waals surface area (Å²) in [5.41, 5.74) is 7.20. The number of halogens is 1. The zero-order chi connectivity index (χ0) is 53.7. The monoisotopic (exact) mass is 1050 g/mol. The highest BCUT2D eigenvalue weighted by Crippen LogP contribution is 2.58. The molecule has 3 aliphatic rings. The van der Waals surface area contributed by atoms with E-state index in [9.17, 15) is 19.6 Å². The van der Waals surface area contributed by atoms with Gasteiger partial charge < -0.3 is 59.5 Å². The summed E-state index contributed by atoms with van der Waals surface area (Å²) in [4.78, 5) is 62.7. The number of ether oxygens (including phenoxy) is 6. The quantitative estimate of drug-likeness (QED) is 0.0508. The zero-order valence-corrected chi connectivity index (χ0v) is 45.0. The first-order valence-electron chi connectivity index (χ1n) is 25.8. The summed E-state index contributed by atoms with van der Waals surface area (Å²) in [5.74, 6) is 2.17. The van der Waals surface area contributed by atoms with Gasteiger partial charge in [-0.1, -0.05) is 59.1 Å². The van der Waals surface area contributed by atoms with Gasteiger partial charge in [-0.05, 0) is 56.0 Å². The number of nitriles is 1. The maximum Gasteiger partial charge on any atom is 0.251 e. The summed E-state index contributed by atoms with van der Waals surface area (Å²) < 4.78 is 35.1. The largest absolute Gasteiger partial charge is 0.495 e. The number of carbonyl (C=O) groups is 3. The molecule has 2 fully saturated rings. The molecule has 75 heavy (non-hydrogen) atoms. The molecule has 1 atom stereocenters. The zero-order valence-electron chi connectivity index (χ0n) is 44.2. The summed E-state index contributed by atoms with van der Waals surface area (Å²) in [6.45, 7) is 14.9. The van der Waals surface area contributed by atoms with Crippen molar-refractivity contribution < 1.29 is 42.8 Å². The topological polar surface area (TPSA) is 242 Å². The minimum Gasteiger partial charge on any atom is -0.495 e. The molecule has 2 aromatic carbocycles. The minimum absolute atomic E-state index is 0.0573. The maximum absolute atomic E-state index is 13.3. The summed E-state index contributed by atoms with van der Waals surface area (Å²) in [6.07, 6.45) is 10.2. The Balaban J connectivity index is 0.757. The van der Waals surface area contributed by atoms with E-state index in [1.807, 2.05) is 6.92 Å². The first kappa shape index (κ1) is 56.4. The number of anilines is 4. The van der Waals surface area contributed by atoms with Crippen LogP contribution in [-0.2, 0) is 30.3 Å². The Bertz CT molecular complexity index is 2610. The fourth-order valence-electron chi connectivity index (χ4n) is 11.0. The lowest BCUT2D eigenvalue weighted by molar-refractivity contribution is -0.158. The lowest BCUT2D eigenvalue weighted by Gasteiger charge is -2.66. The Morgan fingerprint density at radius 1 is 0.893 bits per heavy atom. The van der Waals surface area contributed by atoms with Crippen LogP contribution < -0.4 is 40.5 Å². The van der Waals surface area contributed by atoms with Crippen LogP contribution >= 0.6 is 11.6 Å². The molecule has 3 heterocycles. The second-order valence-corrected chi connectivity index (χ2v) is 20.5. The van der Waals surface area contributed by atoms with Crippen LogP contribution in [0.5, 0.6) is 11.5 Å². The third-order valence-electron chi connectivity index (χ3n) is 14.3. The molecule has 20 nitrogen and oxygen atoms in total. The third-order valence-corrected chi connectivity index (χ3v) is 14.6. The molecular weight excluding hydrogens is 982 g/mol. The van der Waals surface area contributed by atoms with Gasteiger partial charge in [0.1, 0.15) is 41.2 Å². The smallest absolute Gasteiger partial charge is 0.251 e. The number of aromatic nitrogens is 4. The number of nitrogens with one attached hydrogen (secondary N) is 2. The fraction of sp³-hybridized carbons (Fsp3) is 0.556. The Hall–Kier alpha value is -6.37. The molecule has 404 valence electrons. The van der Waals surface area contributed by atoms with Crippen molar-refractivity contribution in [2.45, 2.75) is 104 Å². The molecule has 2 aliphatic carbocycles. The lowest BCUT2D eigenvalue weighted by atomic mass is 9.49. The maximum atomic E-state index is 13.3. The fourth-order valence-corrected chi connectivity index (χ4v) is 11.3. The molecule has 0 radical (unpaired) electrons. The van der Waals surface area contributed by atoms with Gasteiger partial charge in [0.2, 0.25) is 11.9 Å². The van der Waals surface area contributed by atoms with Crippen LogP contribution in [0, 0.1) is 22.2 Å². The summed E-state index contributed by atoms with van der Waals surface area (Å²) in [7, 11) is 3.35. The lowest BCUT2D eigenvalue weighted by Crippen LogP contribution is -2.75. The number of rotatable bonds is 28. The summed E-state index contributed by atoms with van der Waals surface area (Å²) >= 11 is 6.32. The number of nitrogens with two attached hydrogens (primary N) is 1. The van der Waals surface area contributed by atoms with Gasteiger partial charge in [0.25, 0.3) is 11.8 Å². The summed E-state index contributed by atoms with van der Waals surface area (Å²) in [6, 6.07) is 12.4. The van der Waals surface area contributed by atoms with Crippen LogP contribution in [0.25, 0.3) is 0 Å². The highest BCUT2D eigenvalue weighted by molar-refractivity contribution is 6.31. The average Bonchev–Trinajstić information content (AvgIpc) is 3.94. The van der Waals surface area contributed by atoms with Gasteiger partial charge in [0, 0.05) is 73.7 Å². The van der Waals surface area contributed by atoms with Gasteiger partial charge in [0.05, 0.1) is 87.9 Å². The number of hydrogen-bond acceptors (Lipinski definition) is 17. The second-order valence-electron chi connectivity index (χ2n) is 20.1. The molecule has 4 aromatic rings. The number of primary amides is 1. The Morgan fingerprint density at radius 2 is 1.55 bits per heavy atom. The molecule has 1 aliphatic heterocycles. The van der Waals surface area contributed by atoms with Crippen molar-refractivity contribution in [1.82, 2.24) is 25.3 Å². The van der Waals surface area contributed by atoms with E-state index in [1.165, 1.54) is 12.4 Å². The van der Waals surface area contributed by atoms with Crippen molar-refractivity contribution in [2.75, 3.05) is 100 Å². The van der Waals surface area contributed by atoms with Crippen LogP contribution in [0.3, 0.4) is 0 Å². The van der Waals surface area contributed by atoms with Crippen LogP contribution in [0.1, 0.15) is 105 Å². The molecule has 3 amide bonds. The minimum atomic E-state index is -0.601. The number of carbonyl (C=O) groups excluding carboxylic acids is 3. The second kappa shape index (κ2) is 25.9. The number of methoxy groups -OCH3 is 1. The van der Waals surface area contributed by atoms with Crippen molar-refractivity contribution >= 4 is 52.5 Å². The number of likely N-dealkylation sites (N-methyl/N-ethyl adjacent to an activating group) is 1. The molecule has 0 saturated heterocycles. The molecule has 7 rings (SSSR count). The van der Waals surface area contributed by atoms with Crippen molar-refractivity contribution in [2.24, 2.45) is 16.6 Å². The highest BCUT2D eigenvalue weighted by atomic mass is 35.5. The third kappa shape index (κ3) is 13.4. The average molecular weight is 1050 g/mol. The first-order chi connectivity index (χ1) is 36.1. The van der Waals surface area contributed by atoms with E-state index in [4.69, 9.17) is 50.7 Å². The normalized spacial score (nSPS) is 18.7. The van der Waals surface area contributed by atoms with Gasteiger partial charge >= 0.3 is 0 Å². The Kier molecular flexibility index (Phi) is 19.5. The molecule has 2 aromatic heterocycles. The predicted octanol–water partition coefficient (Wildman–Crippen LogP) is 6.59. The van der Waals surface area contributed by atoms with Crippen LogP contribution in [0.4, 0.5) is 23.1 Å². The van der Waals surface area contributed by atoms with Crippen LogP contribution in [0.2, 0.25) is 5.02 Å². The van der Waals surface area contributed by atoms with Gasteiger partial charge in [-0.2, -0.15) is 5.26 Å². The van der Waals surface area contributed by atoms with Gasteiger partial charge in [0.15, 0.2) is 5.82 Å². The van der Waals surface area contributed by atoms with Gasteiger partial charge in [-0.25, -0.2) is 19.9 Å². The van der Waals surface area contributed by atoms with Crippen molar-refractivity contribution in [3.05, 3.63) is 82.5 Å². The highest BCUT2D eigenvalue weighted by Gasteiger charge is 2.66. The van der Waals surface area contributed by atoms with Crippen LogP contribution in [-0.4, -0.2) is 142 Å². The molecule has 0 unspecified atom stereocenters. The number of amides is 3. The van der Waals surface area contributed by atoms with Crippen LogP contribution in [0.15, 0.2) is 55.0 Å². The molecule has 0 spiro atoms. The molecule has 0 bridgehead atoms. The van der Waals surface area contributed by atoms with Crippen molar-refractivity contribution in [3.63, 3.8) is 0 Å². The van der Waals surface area contributed by atoms with E-state index in [-0.39, 0.29) is 52.4 Å². The number of benzene rings is 2. The van der Waals surface area contributed by atoms with E-state index < -0.39 is 5.91 Å². The summed E-state index contributed by atoms with van der Waals surface area (Å²) in [5, 5.41) is 15.9. The Labute approximate surface area is 444 Å². The predicted molar refractivity (Wildman–Crippen MR) is 285 cm³/mol. The molecule has 21 heteroatoms. The molecule has 2 saturated carbocycles.